The van der Waals surface area contributed by atoms with E-state index in [9.17, 15) is 19.2 Å². The van der Waals surface area contributed by atoms with E-state index in [1.54, 1.807) is 62.4 Å². The van der Waals surface area contributed by atoms with Crippen molar-refractivity contribution in [3.63, 3.8) is 0 Å². The van der Waals surface area contributed by atoms with Gasteiger partial charge in [0.25, 0.3) is 0 Å². The molecular weight excluding hydrogens is 624 g/mol. The van der Waals surface area contributed by atoms with Crippen LogP contribution in [-0.2, 0) is 23.9 Å². The van der Waals surface area contributed by atoms with E-state index in [4.69, 9.17) is 23.7 Å². The van der Waals surface area contributed by atoms with Gasteiger partial charge in [0.2, 0.25) is 0 Å². The second-order valence-electron chi connectivity index (χ2n) is 10.7. The lowest BCUT2D eigenvalue weighted by atomic mass is 10.1. The molecule has 9 nitrogen and oxygen atoms in total. The summed E-state index contributed by atoms with van der Waals surface area (Å²) >= 11 is 0. The van der Waals surface area contributed by atoms with Crippen molar-refractivity contribution >= 4 is 23.9 Å². The first kappa shape index (κ1) is 36.9. The maximum atomic E-state index is 12.6. The average Bonchev–Trinajstić information content (AvgIpc) is 3.06. The van der Waals surface area contributed by atoms with Crippen LogP contribution in [-0.4, -0.2) is 37.1 Å². The summed E-state index contributed by atoms with van der Waals surface area (Å²) in [4.78, 5) is 48.4. The molecule has 0 heterocycles. The summed E-state index contributed by atoms with van der Waals surface area (Å²) in [7, 11) is 0. The lowest BCUT2D eigenvalue weighted by Gasteiger charge is -2.12. The molecule has 0 saturated carbocycles. The van der Waals surface area contributed by atoms with Crippen LogP contribution in [0.1, 0.15) is 49.9 Å². The number of ether oxygens (including phenoxy) is 5. The van der Waals surface area contributed by atoms with Crippen molar-refractivity contribution in [1.82, 2.24) is 0 Å². The van der Waals surface area contributed by atoms with Gasteiger partial charge < -0.3 is 23.7 Å². The Morgan fingerprint density at radius 2 is 0.898 bits per heavy atom. The molecule has 0 spiro atoms. The summed E-state index contributed by atoms with van der Waals surface area (Å²) in [5.74, 6) is 10.4. The topological polar surface area (TPSA) is 114 Å². The van der Waals surface area contributed by atoms with Gasteiger partial charge in [0.05, 0.1) is 11.1 Å². The summed E-state index contributed by atoms with van der Waals surface area (Å²) in [5.41, 5.74) is 2.47. The summed E-state index contributed by atoms with van der Waals surface area (Å²) < 4.78 is 27.0. The Labute approximate surface area is 285 Å². The molecule has 0 amide bonds. The Balaban J connectivity index is 1.96. The Morgan fingerprint density at radius 1 is 0.510 bits per heavy atom. The lowest BCUT2D eigenvalue weighted by Crippen LogP contribution is -2.12. The summed E-state index contributed by atoms with van der Waals surface area (Å²) in [6.45, 7) is 20.7. The third-order valence-corrected chi connectivity index (χ3v) is 6.07. The van der Waals surface area contributed by atoms with E-state index in [1.807, 2.05) is 0 Å². The molecule has 49 heavy (non-hydrogen) atoms. The molecule has 0 atom stereocenters. The quantitative estimate of drug-likeness (QED) is 0.0756. The Morgan fingerprint density at radius 3 is 1.31 bits per heavy atom. The summed E-state index contributed by atoms with van der Waals surface area (Å²) in [6.07, 6.45) is 0. The number of hydrogen-bond donors (Lipinski definition) is 0. The smallest absolute Gasteiger partial charge is 0.338 e. The molecule has 0 unspecified atom stereocenters. The van der Waals surface area contributed by atoms with Crippen LogP contribution in [0.15, 0.2) is 109 Å². The third-order valence-electron chi connectivity index (χ3n) is 6.07. The fourth-order valence-electron chi connectivity index (χ4n) is 3.43. The SMILES string of the molecule is C=C(C)C(=O)OCCOc1ccc(C#Cc2cc(OC(=O)C(=C)C)c(C#Cc3ccc(OC(=O)C(=C)C)cc3)cc2OC(=O)C(=C)C)cc1. The summed E-state index contributed by atoms with van der Waals surface area (Å²) in [5, 5.41) is 0. The van der Waals surface area contributed by atoms with Gasteiger partial charge in [-0.1, -0.05) is 50.0 Å². The van der Waals surface area contributed by atoms with E-state index in [0.29, 0.717) is 28.2 Å². The summed E-state index contributed by atoms with van der Waals surface area (Å²) in [6, 6.07) is 16.2. The largest absolute Gasteiger partial charge is 0.490 e. The number of carbonyl (C=O) groups excluding carboxylic acids is 4. The third kappa shape index (κ3) is 11.6. The van der Waals surface area contributed by atoms with Crippen molar-refractivity contribution in [2.45, 2.75) is 27.7 Å². The van der Waals surface area contributed by atoms with Crippen LogP contribution < -0.4 is 18.9 Å². The Bertz CT molecular complexity index is 1960. The van der Waals surface area contributed by atoms with Gasteiger partial charge in [0, 0.05) is 45.6 Å². The van der Waals surface area contributed by atoms with Crippen LogP contribution in [0.3, 0.4) is 0 Å². The maximum Gasteiger partial charge on any atom is 0.338 e. The normalized spacial score (nSPS) is 9.71. The highest BCUT2D eigenvalue weighted by atomic mass is 16.6. The van der Waals surface area contributed by atoms with Gasteiger partial charge in [-0.15, -0.1) is 0 Å². The molecule has 0 radical (unpaired) electrons. The fraction of sp³-hybridized carbons (Fsp3) is 0.150. The number of esters is 4. The number of rotatable bonds is 11. The van der Waals surface area contributed by atoms with Crippen LogP contribution in [0.25, 0.3) is 0 Å². The van der Waals surface area contributed by atoms with Crippen LogP contribution in [0, 0.1) is 23.7 Å². The Kier molecular flexibility index (Phi) is 13.1. The number of carbonyl (C=O) groups is 4. The molecule has 0 aliphatic heterocycles. The first-order valence-corrected chi connectivity index (χ1v) is 14.7. The van der Waals surface area contributed by atoms with Crippen LogP contribution in [0.2, 0.25) is 0 Å². The first-order valence-electron chi connectivity index (χ1n) is 14.7. The highest BCUT2D eigenvalue weighted by Crippen LogP contribution is 2.30. The molecule has 248 valence electrons. The number of hydrogen-bond acceptors (Lipinski definition) is 9. The molecule has 0 N–H and O–H groups in total. The second-order valence-corrected chi connectivity index (χ2v) is 10.7. The molecule has 0 aliphatic carbocycles. The molecule has 0 aromatic heterocycles. The molecular formula is C40H34O9. The second kappa shape index (κ2) is 17.4. The zero-order valence-corrected chi connectivity index (χ0v) is 27.7. The van der Waals surface area contributed by atoms with Crippen molar-refractivity contribution in [3.05, 3.63) is 132 Å². The van der Waals surface area contributed by atoms with Crippen molar-refractivity contribution in [2.75, 3.05) is 13.2 Å². The first-order chi connectivity index (χ1) is 23.2. The van der Waals surface area contributed by atoms with Gasteiger partial charge in [-0.25, -0.2) is 19.2 Å². The van der Waals surface area contributed by atoms with E-state index >= 15 is 0 Å². The molecule has 0 bridgehead atoms. The van der Waals surface area contributed by atoms with E-state index in [0.717, 1.165) is 0 Å². The molecule has 3 rings (SSSR count). The molecule has 0 fully saturated rings. The molecule has 9 heteroatoms. The van der Waals surface area contributed by atoms with Crippen LogP contribution in [0.4, 0.5) is 0 Å². The molecule has 0 aliphatic rings. The van der Waals surface area contributed by atoms with Gasteiger partial charge in [0.15, 0.2) is 0 Å². The van der Waals surface area contributed by atoms with Gasteiger partial charge >= 0.3 is 23.9 Å². The monoisotopic (exact) mass is 658 g/mol. The van der Waals surface area contributed by atoms with Gasteiger partial charge in [-0.3, -0.25) is 0 Å². The maximum absolute atomic E-state index is 12.6. The zero-order valence-electron chi connectivity index (χ0n) is 27.7. The van der Waals surface area contributed by atoms with Crippen molar-refractivity contribution in [3.8, 4) is 46.7 Å². The van der Waals surface area contributed by atoms with Gasteiger partial charge in [-0.05, 0) is 76.2 Å². The highest BCUT2D eigenvalue weighted by Gasteiger charge is 2.17. The van der Waals surface area contributed by atoms with Crippen LogP contribution >= 0.6 is 0 Å². The lowest BCUT2D eigenvalue weighted by molar-refractivity contribution is -0.139. The molecule has 3 aromatic rings. The minimum atomic E-state index is -0.692. The van der Waals surface area contributed by atoms with Crippen LogP contribution in [0.5, 0.6) is 23.0 Å². The van der Waals surface area contributed by atoms with Gasteiger partial charge in [-0.2, -0.15) is 0 Å². The van der Waals surface area contributed by atoms with Crippen molar-refractivity contribution in [1.29, 1.82) is 0 Å². The van der Waals surface area contributed by atoms with Crippen molar-refractivity contribution < 1.29 is 42.9 Å². The van der Waals surface area contributed by atoms with Gasteiger partial charge in [0.1, 0.15) is 36.2 Å². The minimum Gasteiger partial charge on any atom is -0.490 e. The number of benzene rings is 3. The predicted molar refractivity (Wildman–Crippen MR) is 184 cm³/mol. The van der Waals surface area contributed by atoms with E-state index in [2.05, 4.69) is 50.0 Å². The predicted octanol–water partition coefficient (Wildman–Crippen LogP) is 6.43. The molecule has 0 saturated heterocycles. The standard InChI is InChI=1S/C40H34O9/c1-25(2)37(41)46-22-21-45-33-17-11-29(12-18-33)9-15-31-23-36(49-40(44)28(7)8)32(24-35(31)48-39(43)27(5)6)16-10-30-13-19-34(20-14-30)47-38(42)26(3)4/h11-14,17-20,23-24H,1,3,5,7,21-22H2,2,4,6,8H3. The van der Waals surface area contributed by atoms with E-state index < -0.39 is 23.9 Å². The highest BCUT2D eigenvalue weighted by molar-refractivity contribution is 5.91. The Hall–Kier alpha value is -6.58. The van der Waals surface area contributed by atoms with Crippen molar-refractivity contribution in [2.24, 2.45) is 0 Å². The molecule has 3 aromatic carbocycles. The average molecular weight is 659 g/mol. The zero-order chi connectivity index (χ0) is 36.1. The fourth-order valence-corrected chi connectivity index (χ4v) is 3.43. The van der Waals surface area contributed by atoms with E-state index in [1.165, 1.54) is 26.0 Å². The van der Waals surface area contributed by atoms with E-state index in [-0.39, 0.29) is 52.6 Å². The minimum absolute atomic E-state index is 0.0584.